The van der Waals surface area contributed by atoms with Gasteiger partial charge < -0.3 is 0 Å². The van der Waals surface area contributed by atoms with Crippen LogP contribution in [0.2, 0.25) is 0 Å². The Morgan fingerprint density at radius 2 is 1.95 bits per heavy atom. The number of carbonyl (C=O) groups excluding carboxylic acids is 1. The smallest absolute Gasteiger partial charge is 0.180 e. The van der Waals surface area contributed by atoms with Gasteiger partial charge in [-0.2, -0.15) is 10.2 Å². The highest BCUT2D eigenvalue weighted by atomic mass is 16.1. The zero-order valence-electron chi connectivity index (χ0n) is 11.8. The molecule has 0 saturated carbocycles. The number of ketones is 1. The summed E-state index contributed by atoms with van der Waals surface area (Å²) in [7, 11) is 1.86. The molecule has 0 unspecified atom stereocenters. The Morgan fingerprint density at radius 1 is 1.14 bits per heavy atom. The van der Waals surface area contributed by atoms with E-state index in [1.54, 1.807) is 40.2 Å². The molecule has 4 rings (SSSR count). The minimum absolute atomic E-state index is 0.0493. The van der Waals surface area contributed by atoms with Gasteiger partial charge >= 0.3 is 0 Å². The second-order valence-electron chi connectivity index (χ2n) is 5.05. The number of aromatic nitrogens is 5. The van der Waals surface area contributed by atoms with E-state index in [1.165, 1.54) is 0 Å². The number of carbonyl (C=O) groups is 1. The molecule has 0 atom stereocenters. The summed E-state index contributed by atoms with van der Waals surface area (Å²) in [6.07, 6.45) is 10.8. The molecule has 108 valence electrons. The lowest BCUT2D eigenvalue weighted by Gasteiger charge is -2.11. The minimum atomic E-state index is 0.0493. The van der Waals surface area contributed by atoms with Crippen LogP contribution in [0, 0.1) is 0 Å². The lowest BCUT2D eigenvalue weighted by molar-refractivity contribution is 0.100. The quantitative estimate of drug-likeness (QED) is 0.723. The molecule has 0 radical (unpaired) electrons. The van der Waals surface area contributed by atoms with Gasteiger partial charge in [-0.3, -0.25) is 14.5 Å². The summed E-state index contributed by atoms with van der Waals surface area (Å²) < 4.78 is 3.37. The number of pyridine rings is 1. The number of hydrogen-bond donors (Lipinski definition) is 0. The van der Waals surface area contributed by atoms with Crippen molar-refractivity contribution in [1.82, 2.24) is 24.5 Å². The van der Waals surface area contributed by atoms with Crippen molar-refractivity contribution < 1.29 is 4.79 Å². The van der Waals surface area contributed by atoms with Gasteiger partial charge in [0.25, 0.3) is 0 Å². The Kier molecular flexibility index (Phi) is 2.72. The molecule has 1 aliphatic heterocycles. The summed E-state index contributed by atoms with van der Waals surface area (Å²) in [5.41, 5.74) is 3.06. The molecule has 4 heterocycles. The fourth-order valence-corrected chi connectivity index (χ4v) is 2.45. The zero-order chi connectivity index (χ0) is 15.1. The number of fused-ring (bicyclic) bond motifs is 1. The van der Waals surface area contributed by atoms with Gasteiger partial charge in [0.15, 0.2) is 11.6 Å². The third-order valence-corrected chi connectivity index (χ3v) is 3.54. The van der Waals surface area contributed by atoms with Crippen molar-refractivity contribution in [3.05, 3.63) is 42.6 Å². The van der Waals surface area contributed by atoms with Crippen LogP contribution in [0.3, 0.4) is 0 Å². The molecule has 1 aliphatic rings. The Bertz CT molecular complexity index is 904. The van der Waals surface area contributed by atoms with Gasteiger partial charge in [0, 0.05) is 55.0 Å². The van der Waals surface area contributed by atoms with Crippen LogP contribution in [0.15, 0.2) is 42.0 Å². The van der Waals surface area contributed by atoms with Gasteiger partial charge in [0.05, 0.1) is 12.4 Å². The van der Waals surface area contributed by atoms with E-state index in [9.17, 15) is 4.79 Å². The number of hydrogen-bond acceptors (Lipinski definition) is 5. The van der Waals surface area contributed by atoms with Crippen molar-refractivity contribution in [1.29, 1.82) is 0 Å². The van der Waals surface area contributed by atoms with Crippen LogP contribution < -0.4 is 0 Å². The van der Waals surface area contributed by atoms with Crippen LogP contribution in [0.5, 0.6) is 0 Å². The van der Waals surface area contributed by atoms with Crippen LogP contribution in [0.25, 0.3) is 16.9 Å². The fourth-order valence-electron chi connectivity index (χ4n) is 2.45. The number of rotatable bonds is 2. The average Bonchev–Trinajstić information content (AvgIpc) is 3.16. The Balaban J connectivity index is 1.81. The third kappa shape index (κ3) is 1.95. The second kappa shape index (κ2) is 4.73. The Labute approximate surface area is 125 Å². The van der Waals surface area contributed by atoms with Gasteiger partial charge in [-0.15, -0.1) is 0 Å². The highest BCUT2D eigenvalue weighted by Gasteiger charge is 2.19. The molecule has 0 aliphatic carbocycles. The average molecular weight is 292 g/mol. The molecule has 0 N–H and O–H groups in total. The van der Waals surface area contributed by atoms with E-state index in [0.717, 1.165) is 11.1 Å². The van der Waals surface area contributed by atoms with Crippen molar-refractivity contribution in [2.24, 2.45) is 12.0 Å². The Morgan fingerprint density at radius 3 is 2.77 bits per heavy atom. The first-order chi connectivity index (χ1) is 10.7. The summed E-state index contributed by atoms with van der Waals surface area (Å²) in [5.74, 6) is 0.602. The first-order valence-electron chi connectivity index (χ1n) is 6.81. The summed E-state index contributed by atoms with van der Waals surface area (Å²) in [6, 6.07) is 1.70. The van der Waals surface area contributed by atoms with Gasteiger partial charge in [0.2, 0.25) is 0 Å². The first-order valence-corrected chi connectivity index (χ1v) is 6.81. The van der Waals surface area contributed by atoms with Crippen LogP contribution in [0.1, 0.15) is 16.8 Å². The maximum absolute atomic E-state index is 11.9. The molecular formula is C15H12N6O. The molecule has 0 aromatic carbocycles. The summed E-state index contributed by atoms with van der Waals surface area (Å²) in [6.45, 7) is 0. The largest absolute Gasteiger partial charge is 0.294 e. The van der Waals surface area contributed by atoms with E-state index in [0.29, 0.717) is 23.5 Å². The monoisotopic (exact) mass is 292 g/mol. The first kappa shape index (κ1) is 12.6. The maximum atomic E-state index is 11.9. The van der Waals surface area contributed by atoms with E-state index in [2.05, 4.69) is 20.2 Å². The maximum Gasteiger partial charge on any atom is 0.180 e. The molecule has 0 spiro atoms. The highest BCUT2D eigenvalue weighted by Crippen LogP contribution is 2.30. The number of aryl methyl sites for hydroxylation is 1. The predicted octanol–water partition coefficient (Wildman–Crippen LogP) is 1.96. The van der Waals surface area contributed by atoms with Crippen molar-refractivity contribution in [3.8, 4) is 16.9 Å². The zero-order valence-corrected chi connectivity index (χ0v) is 11.8. The molecule has 3 aromatic heterocycles. The van der Waals surface area contributed by atoms with Gasteiger partial charge in [0.1, 0.15) is 5.69 Å². The lowest BCUT2D eigenvalue weighted by atomic mass is 10.1. The molecule has 0 amide bonds. The van der Waals surface area contributed by atoms with Crippen molar-refractivity contribution >= 4 is 17.7 Å². The molecular weight excluding hydrogens is 280 g/mol. The summed E-state index contributed by atoms with van der Waals surface area (Å²) in [5, 5.41) is 8.49. The Hall–Kier alpha value is -3.09. The molecule has 3 aromatic rings. The van der Waals surface area contributed by atoms with Crippen molar-refractivity contribution in [2.45, 2.75) is 6.42 Å². The minimum Gasteiger partial charge on any atom is -0.294 e. The standard InChI is InChI=1S/C15H12N6O/c1-20-8-10(6-18-20)11-7-19-21(9-11)15-14-12(2-4-17-15)13(22)3-5-16-14/h2,4-9H,3H2,1H3. The topological polar surface area (TPSA) is 78.0 Å². The van der Waals surface area contributed by atoms with Crippen LogP contribution >= 0.6 is 0 Å². The molecule has 7 nitrogen and oxygen atoms in total. The third-order valence-electron chi connectivity index (χ3n) is 3.54. The lowest BCUT2D eigenvalue weighted by Crippen LogP contribution is -2.08. The number of nitrogens with zero attached hydrogens (tertiary/aromatic N) is 6. The predicted molar refractivity (Wildman–Crippen MR) is 80.7 cm³/mol. The van der Waals surface area contributed by atoms with Crippen molar-refractivity contribution in [2.75, 3.05) is 0 Å². The SMILES string of the molecule is Cn1cc(-c2cnn(-c3nccc4c3N=CCC4=O)c2)cn1. The van der Waals surface area contributed by atoms with Crippen LogP contribution in [-0.4, -0.2) is 36.5 Å². The molecule has 7 heteroatoms. The van der Waals surface area contributed by atoms with E-state index >= 15 is 0 Å². The fraction of sp³-hybridized carbons (Fsp3) is 0.133. The van der Waals surface area contributed by atoms with Gasteiger partial charge in [-0.1, -0.05) is 0 Å². The highest BCUT2D eigenvalue weighted by molar-refractivity contribution is 6.10. The van der Waals surface area contributed by atoms with Gasteiger partial charge in [-0.25, -0.2) is 9.67 Å². The molecule has 22 heavy (non-hydrogen) atoms. The molecule has 0 saturated heterocycles. The summed E-state index contributed by atoms with van der Waals surface area (Å²) in [4.78, 5) is 20.6. The number of Topliss-reactive ketones (excluding diaryl/α,β-unsaturated/α-hetero) is 1. The van der Waals surface area contributed by atoms with Crippen LogP contribution in [-0.2, 0) is 7.05 Å². The normalized spacial score (nSPS) is 13.4. The van der Waals surface area contributed by atoms with E-state index in [4.69, 9.17) is 0 Å². The van der Waals surface area contributed by atoms with E-state index in [1.807, 2.05) is 19.4 Å². The van der Waals surface area contributed by atoms with E-state index in [-0.39, 0.29) is 5.78 Å². The number of aliphatic imine (C=N–C) groups is 1. The molecule has 0 fully saturated rings. The summed E-state index contributed by atoms with van der Waals surface area (Å²) >= 11 is 0. The van der Waals surface area contributed by atoms with Gasteiger partial charge in [-0.05, 0) is 6.07 Å². The van der Waals surface area contributed by atoms with Crippen molar-refractivity contribution in [3.63, 3.8) is 0 Å². The van der Waals surface area contributed by atoms with E-state index < -0.39 is 0 Å². The molecule has 0 bridgehead atoms. The second-order valence-corrected chi connectivity index (χ2v) is 5.05. The van der Waals surface area contributed by atoms with Crippen LogP contribution in [0.4, 0.5) is 5.69 Å².